The van der Waals surface area contributed by atoms with Crippen molar-refractivity contribution in [1.29, 1.82) is 0 Å². The molecule has 2 unspecified atom stereocenters. The zero-order valence-corrected chi connectivity index (χ0v) is 52.4. The summed E-state index contributed by atoms with van der Waals surface area (Å²) >= 11 is 0. The summed E-state index contributed by atoms with van der Waals surface area (Å²) in [7, 11) is 1.49. The molecule has 0 saturated carbocycles. The molecule has 0 rings (SSSR count). The van der Waals surface area contributed by atoms with Crippen molar-refractivity contribution in [2.75, 3.05) is 47.5 Å². The van der Waals surface area contributed by atoms with Gasteiger partial charge in [0.05, 0.1) is 27.7 Å². The fourth-order valence-electron chi connectivity index (χ4n) is 9.60. The predicted molar refractivity (Wildman–Crippen MR) is 330 cm³/mol. The Bertz CT molecular complexity index is 1440. The number of esters is 2. The summed E-state index contributed by atoms with van der Waals surface area (Å²) in [6.07, 6.45) is 74.9. The van der Waals surface area contributed by atoms with Crippen molar-refractivity contribution in [2.24, 2.45) is 0 Å². The minimum Gasteiger partial charge on any atom is -0.462 e. The van der Waals surface area contributed by atoms with E-state index >= 15 is 0 Å². The molecule has 0 amide bonds. The van der Waals surface area contributed by atoms with E-state index in [1.165, 1.54) is 225 Å². The maximum Gasteiger partial charge on any atom is 0.472 e. The first-order valence-corrected chi connectivity index (χ1v) is 34.4. The van der Waals surface area contributed by atoms with Gasteiger partial charge in [-0.25, -0.2) is 4.57 Å². The van der Waals surface area contributed by atoms with Gasteiger partial charge in [0.1, 0.15) is 19.8 Å². The number of hydrogen-bond donors (Lipinski definition) is 1. The molecule has 0 saturated heterocycles. The first-order chi connectivity index (χ1) is 37.5. The number of unbranched alkanes of at least 4 members (excludes halogenated alkanes) is 39. The molecule has 10 heteroatoms. The van der Waals surface area contributed by atoms with E-state index in [9.17, 15) is 19.0 Å². The van der Waals surface area contributed by atoms with Gasteiger partial charge in [-0.05, 0) is 51.4 Å². The first-order valence-electron chi connectivity index (χ1n) is 32.9. The van der Waals surface area contributed by atoms with Crippen molar-refractivity contribution in [3.05, 3.63) is 48.6 Å². The van der Waals surface area contributed by atoms with Gasteiger partial charge < -0.3 is 18.9 Å². The van der Waals surface area contributed by atoms with Gasteiger partial charge in [0, 0.05) is 12.8 Å². The second-order valence-corrected chi connectivity index (χ2v) is 24.9. The van der Waals surface area contributed by atoms with Crippen LogP contribution in [0.2, 0.25) is 0 Å². The predicted octanol–water partition coefficient (Wildman–Crippen LogP) is 20.9. The topological polar surface area (TPSA) is 108 Å². The van der Waals surface area contributed by atoms with Crippen LogP contribution in [0, 0.1) is 0 Å². The number of hydrogen-bond acceptors (Lipinski definition) is 7. The van der Waals surface area contributed by atoms with Crippen LogP contribution in [-0.2, 0) is 32.7 Å². The van der Waals surface area contributed by atoms with E-state index in [1.807, 2.05) is 21.1 Å². The van der Waals surface area contributed by atoms with Crippen LogP contribution in [0.15, 0.2) is 48.6 Å². The van der Waals surface area contributed by atoms with Crippen molar-refractivity contribution in [1.82, 2.24) is 0 Å². The molecule has 0 aromatic rings. The van der Waals surface area contributed by atoms with Gasteiger partial charge in [0.25, 0.3) is 0 Å². The lowest BCUT2D eigenvalue weighted by molar-refractivity contribution is -0.870. The Balaban J connectivity index is 4.03. The molecular formula is C67H127NO8P+. The van der Waals surface area contributed by atoms with Gasteiger partial charge in [-0.15, -0.1) is 0 Å². The number of phosphoric acid groups is 1. The van der Waals surface area contributed by atoms with Gasteiger partial charge in [0.15, 0.2) is 6.10 Å². The lowest BCUT2D eigenvalue weighted by Crippen LogP contribution is -2.37. The third-order valence-corrected chi connectivity index (χ3v) is 15.6. The van der Waals surface area contributed by atoms with Crippen LogP contribution in [0.5, 0.6) is 0 Å². The van der Waals surface area contributed by atoms with Crippen LogP contribution in [0.3, 0.4) is 0 Å². The summed E-state index contributed by atoms with van der Waals surface area (Å²) < 4.78 is 34.7. The first kappa shape index (κ1) is 75.0. The summed E-state index contributed by atoms with van der Waals surface area (Å²) in [5.41, 5.74) is 0. The molecule has 0 aliphatic carbocycles. The fourth-order valence-corrected chi connectivity index (χ4v) is 10.3. The highest BCUT2D eigenvalue weighted by Crippen LogP contribution is 2.43. The highest BCUT2D eigenvalue weighted by molar-refractivity contribution is 7.47. The zero-order valence-electron chi connectivity index (χ0n) is 51.5. The summed E-state index contributed by atoms with van der Waals surface area (Å²) in [5.74, 6) is -0.778. The number of carbonyl (C=O) groups excluding carboxylic acids is 2. The smallest absolute Gasteiger partial charge is 0.462 e. The summed E-state index contributed by atoms with van der Waals surface area (Å²) in [6.45, 7) is 4.38. The largest absolute Gasteiger partial charge is 0.472 e. The molecule has 0 aliphatic rings. The van der Waals surface area contributed by atoms with E-state index in [-0.39, 0.29) is 25.6 Å². The lowest BCUT2D eigenvalue weighted by Gasteiger charge is -2.24. The van der Waals surface area contributed by atoms with E-state index in [0.29, 0.717) is 23.9 Å². The van der Waals surface area contributed by atoms with Crippen LogP contribution >= 0.6 is 7.82 Å². The van der Waals surface area contributed by atoms with Crippen molar-refractivity contribution < 1.29 is 42.1 Å². The minimum atomic E-state index is -4.39. The Labute approximate surface area is 477 Å². The summed E-state index contributed by atoms with van der Waals surface area (Å²) in [5, 5.41) is 0. The molecule has 452 valence electrons. The Kier molecular flexibility index (Phi) is 57.1. The van der Waals surface area contributed by atoms with Crippen LogP contribution in [0.4, 0.5) is 0 Å². The third kappa shape index (κ3) is 63.0. The van der Waals surface area contributed by atoms with Crippen molar-refractivity contribution in [3.63, 3.8) is 0 Å². The van der Waals surface area contributed by atoms with Gasteiger partial charge in [0.2, 0.25) is 0 Å². The molecule has 9 nitrogen and oxygen atoms in total. The van der Waals surface area contributed by atoms with Crippen LogP contribution in [-0.4, -0.2) is 74.9 Å². The van der Waals surface area contributed by atoms with Crippen molar-refractivity contribution >= 4 is 19.8 Å². The molecular weight excluding hydrogens is 978 g/mol. The molecule has 0 heterocycles. The quantitative estimate of drug-likeness (QED) is 0.0211. The Hall–Kier alpha value is -2.03. The number of rotatable bonds is 61. The number of likely N-dealkylation sites (N-methyl/N-ethyl adjacent to an activating group) is 1. The van der Waals surface area contributed by atoms with E-state index in [0.717, 1.165) is 57.8 Å². The van der Waals surface area contributed by atoms with Crippen LogP contribution in [0.25, 0.3) is 0 Å². The summed E-state index contributed by atoms with van der Waals surface area (Å²) in [4.78, 5) is 35.8. The number of ether oxygens (including phenoxy) is 2. The third-order valence-electron chi connectivity index (χ3n) is 14.6. The highest BCUT2D eigenvalue weighted by atomic mass is 31.2. The number of quaternary nitrogens is 1. The molecule has 1 N–H and O–H groups in total. The minimum absolute atomic E-state index is 0.0341. The molecule has 77 heavy (non-hydrogen) atoms. The Morgan fingerprint density at radius 2 is 0.740 bits per heavy atom. The lowest BCUT2D eigenvalue weighted by atomic mass is 10.0. The van der Waals surface area contributed by atoms with Crippen molar-refractivity contribution in [2.45, 2.75) is 322 Å². The maximum absolute atomic E-state index is 12.9. The fraction of sp³-hybridized carbons (Fsp3) is 0.851. The number of carbonyl (C=O) groups is 2. The Morgan fingerprint density at radius 1 is 0.416 bits per heavy atom. The van der Waals surface area contributed by atoms with Gasteiger partial charge >= 0.3 is 19.8 Å². The number of allylic oxidation sites excluding steroid dienone is 8. The maximum atomic E-state index is 12.9. The zero-order chi connectivity index (χ0) is 56.3. The second-order valence-electron chi connectivity index (χ2n) is 23.5. The van der Waals surface area contributed by atoms with Crippen LogP contribution in [0.1, 0.15) is 316 Å². The normalized spacial score (nSPS) is 13.5. The molecule has 2 atom stereocenters. The SMILES string of the molecule is CC/C=C\C/C=C\C/C=C\C/C=C\CCCCCCCCCCCCCCCCCCCCC(=O)OC(COC(=O)CCCCCCCCCCCCCCCCCCCCCCCC)COP(=O)(O)OCC[N+](C)(C)C. The van der Waals surface area contributed by atoms with E-state index in [2.05, 4.69) is 62.5 Å². The van der Waals surface area contributed by atoms with E-state index in [1.54, 1.807) is 0 Å². The average Bonchev–Trinajstić information content (AvgIpc) is 3.39. The molecule has 0 spiro atoms. The van der Waals surface area contributed by atoms with Gasteiger partial charge in [-0.2, -0.15) is 0 Å². The highest BCUT2D eigenvalue weighted by Gasteiger charge is 2.27. The molecule has 0 bridgehead atoms. The standard InChI is InChI=1S/C67H126NO8P/c1-6-8-10-12-14-16-18-20-22-24-26-28-30-31-32-33-34-35-36-37-38-40-42-44-46-48-50-52-54-56-58-60-67(70)76-65(64-75-77(71,72)74-62-61-68(3,4)5)63-73-66(69)59-57-55-53-51-49-47-45-43-41-39-29-27-25-23-21-19-17-15-13-11-9-7-2/h8,10,14,16,20,22,26,28,65H,6-7,9,11-13,15,17-19,21,23-25,27,29-64H2,1-5H3/p+1/b10-8-,16-14-,22-20-,28-26-. The van der Waals surface area contributed by atoms with Crippen LogP contribution < -0.4 is 0 Å². The van der Waals surface area contributed by atoms with E-state index in [4.69, 9.17) is 18.5 Å². The molecule has 0 aromatic carbocycles. The molecule has 0 aliphatic heterocycles. The molecule has 0 radical (unpaired) electrons. The Morgan fingerprint density at radius 3 is 1.10 bits per heavy atom. The second kappa shape index (κ2) is 58.6. The number of nitrogens with zero attached hydrogens (tertiary/aromatic N) is 1. The van der Waals surface area contributed by atoms with Crippen molar-refractivity contribution in [3.8, 4) is 0 Å². The summed E-state index contributed by atoms with van der Waals surface area (Å²) in [6, 6.07) is 0. The van der Waals surface area contributed by atoms with Gasteiger partial charge in [-0.1, -0.05) is 300 Å². The monoisotopic (exact) mass is 1100 g/mol. The average molecular weight is 1110 g/mol. The molecule has 0 fully saturated rings. The van der Waals surface area contributed by atoms with E-state index < -0.39 is 26.5 Å². The molecule has 0 aromatic heterocycles. The number of phosphoric ester groups is 1. The van der Waals surface area contributed by atoms with Gasteiger partial charge in [-0.3, -0.25) is 18.6 Å².